The van der Waals surface area contributed by atoms with Crippen molar-refractivity contribution >= 4 is 55.7 Å². The molecule has 6 rings (SSSR count). The molecule has 1 amide bonds. The molecule has 2 aromatic heterocycles. The number of hydrogen-bond donors (Lipinski definition) is 2. The molecule has 1 spiro atoms. The van der Waals surface area contributed by atoms with Crippen molar-refractivity contribution in [2.75, 3.05) is 58.4 Å². The number of aromatic nitrogens is 2. The van der Waals surface area contributed by atoms with Crippen molar-refractivity contribution in [3.05, 3.63) is 42.2 Å². The predicted molar refractivity (Wildman–Crippen MR) is 169 cm³/mol. The van der Waals surface area contributed by atoms with Gasteiger partial charge < -0.3 is 24.4 Å². The van der Waals surface area contributed by atoms with Gasteiger partial charge in [-0.15, -0.1) is 0 Å². The highest BCUT2D eigenvalue weighted by molar-refractivity contribution is 7.92. The Balaban J connectivity index is 1.27. The summed E-state index contributed by atoms with van der Waals surface area (Å²) in [6, 6.07) is 8.49. The van der Waals surface area contributed by atoms with Crippen LogP contribution in [0.4, 0.5) is 31.7 Å². The molecular weight excluding hydrogens is 606 g/mol. The summed E-state index contributed by atoms with van der Waals surface area (Å²) >= 11 is 0. The molecule has 2 N–H and O–H groups in total. The molecule has 45 heavy (non-hydrogen) atoms. The Morgan fingerprint density at radius 2 is 1.67 bits per heavy atom. The fraction of sp³-hybridized carbons (Fsp3) is 0.516. The van der Waals surface area contributed by atoms with E-state index in [0.717, 1.165) is 36.8 Å². The van der Waals surface area contributed by atoms with Gasteiger partial charge in [0.15, 0.2) is 5.82 Å². The van der Waals surface area contributed by atoms with E-state index in [2.05, 4.69) is 19.9 Å². The number of aryl methyl sites for hydroxylation is 1. The summed E-state index contributed by atoms with van der Waals surface area (Å²) in [6.07, 6.45) is 5.76. The average Bonchev–Trinajstić information content (AvgIpc) is 3.63. The Hall–Kier alpha value is -3.94. The second kappa shape index (κ2) is 11.8. The number of amides is 1. The Kier molecular flexibility index (Phi) is 8.12. The second-order valence-corrected chi connectivity index (χ2v) is 14.3. The first-order chi connectivity index (χ1) is 21.3. The molecule has 3 fully saturated rings. The summed E-state index contributed by atoms with van der Waals surface area (Å²) < 4.78 is 62.5. The summed E-state index contributed by atoms with van der Waals surface area (Å²) in [5.74, 6) is -3.64. The van der Waals surface area contributed by atoms with Gasteiger partial charge in [0.1, 0.15) is 18.1 Å². The van der Waals surface area contributed by atoms with Crippen molar-refractivity contribution in [1.29, 1.82) is 0 Å². The van der Waals surface area contributed by atoms with Crippen molar-refractivity contribution in [2.24, 2.45) is 12.5 Å². The number of ether oxygens (including phenoxy) is 1. The Bertz CT molecular complexity index is 1720. The molecule has 0 atom stereocenters. The maximum absolute atomic E-state index is 13.9. The van der Waals surface area contributed by atoms with E-state index in [4.69, 9.17) is 4.74 Å². The molecule has 0 radical (unpaired) electrons. The van der Waals surface area contributed by atoms with Crippen LogP contribution >= 0.6 is 0 Å². The third-order valence-corrected chi connectivity index (χ3v) is 10.4. The quantitative estimate of drug-likeness (QED) is 0.320. The lowest BCUT2D eigenvalue weighted by Gasteiger charge is -2.35. The molecular formula is C31H38F2N6O5S. The minimum atomic E-state index is -3.80. The molecule has 0 unspecified atom stereocenters. The number of anilines is 4. The third kappa shape index (κ3) is 7.00. The zero-order chi connectivity index (χ0) is 32.0. The molecule has 1 saturated carbocycles. The highest BCUT2D eigenvalue weighted by atomic mass is 32.2. The number of carbonyl (C=O) groups excluding carboxylic acids is 2. The van der Waals surface area contributed by atoms with Crippen molar-refractivity contribution < 1.29 is 31.5 Å². The topological polar surface area (TPSA) is 126 Å². The van der Waals surface area contributed by atoms with Gasteiger partial charge in [-0.2, -0.15) is 0 Å². The predicted octanol–water partition coefficient (Wildman–Crippen LogP) is 4.75. The van der Waals surface area contributed by atoms with E-state index in [1.165, 1.54) is 19.8 Å². The molecule has 1 aromatic carbocycles. The highest BCUT2D eigenvalue weighted by Crippen LogP contribution is 2.54. The van der Waals surface area contributed by atoms with E-state index in [9.17, 15) is 26.8 Å². The maximum atomic E-state index is 13.9. The summed E-state index contributed by atoms with van der Waals surface area (Å²) in [5, 5.41) is 3.76. The SMILES string of the molecule is CC(=O)OCCS(=O)(=O)Nc1ccc(NC(=O)c2cc3ccn(C)c3c(N3CCC(F)(F)CC3)n2)c(N2CCC3(CC2)CC3)c1. The van der Waals surface area contributed by atoms with Gasteiger partial charge >= 0.3 is 5.97 Å². The number of pyridine rings is 1. The van der Waals surface area contributed by atoms with Crippen LogP contribution in [-0.4, -0.2) is 74.3 Å². The number of alkyl halides is 2. The molecule has 0 bridgehead atoms. The number of carbonyl (C=O) groups is 2. The van der Waals surface area contributed by atoms with E-state index in [1.54, 1.807) is 24.3 Å². The van der Waals surface area contributed by atoms with Crippen molar-refractivity contribution in [1.82, 2.24) is 9.55 Å². The minimum absolute atomic E-state index is 0.129. The van der Waals surface area contributed by atoms with Gasteiger partial charge in [0.2, 0.25) is 10.0 Å². The summed E-state index contributed by atoms with van der Waals surface area (Å²) in [4.78, 5) is 33.5. The van der Waals surface area contributed by atoms with Crippen molar-refractivity contribution in [3.8, 4) is 0 Å². The van der Waals surface area contributed by atoms with Gasteiger partial charge in [-0.1, -0.05) is 0 Å². The molecule has 1 aliphatic carbocycles. The van der Waals surface area contributed by atoms with E-state index in [1.807, 2.05) is 28.8 Å². The van der Waals surface area contributed by atoms with Crippen molar-refractivity contribution in [3.63, 3.8) is 0 Å². The Morgan fingerprint density at radius 3 is 2.33 bits per heavy atom. The number of sulfonamides is 1. The molecule has 3 aromatic rings. The van der Waals surface area contributed by atoms with Gasteiger partial charge in [-0.3, -0.25) is 14.3 Å². The molecule has 2 saturated heterocycles. The number of nitrogens with one attached hydrogen (secondary N) is 2. The zero-order valence-corrected chi connectivity index (χ0v) is 26.3. The molecule has 2 aliphatic heterocycles. The van der Waals surface area contributed by atoms with Crippen molar-refractivity contribution in [2.45, 2.75) is 51.4 Å². The van der Waals surface area contributed by atoms with Crippen LogP contribution in [-0.2, 0) is 26.6 Å². The monoisotopic (exact) mass is 644 g/mol. The first-order valence-electron chi connectivity index (χ1n) is 15.3. The lowest BCUT2D eigenvalue weighted by Crippen LogP contribution is -2.40. The largest absolute Gasteiger partial charge is 0.465 e. The maximum Gasteiger partial charge on any atom is 0.302 e. The summed E-state index contributed by atoms with van der Waals surface area (Å²) in [7, 11) is -1.95. The number of nitrogens with zero attached hydrogens (tertiary/aromatic N) is 4. The molecule has 11 nitrogen and oxygen atoms in total. The number of piperidine rings is 2. The smallest absolute Gasteiger partial charge is 0.302 e. The van der Waals surface area contributed by atoms with Crippen LogP contribution in [0.25, 0.3) is 10.9 Å². The first-order valence-corrected chi connectivity index (χ1v) is 16.9. The van der Waals surface area contributed by atoms with Crippen LogP contribution in [0, 0.1) is 5.41 Å². The van der Waals surface area contributed by atoms with E-state index in [-0.39, 0.29) is 38.2 Å². The number of fused-ring (bicyclic) bond motifs is 1. The third-order valence-electron chi connectivity index (χ3n) is 9.16. The Morgan fingerprint density at radius 1 is 0.978 bits per heavy atom. The van der Waals surface area contributed by atoms with Gasteiger partial charge in [-0.05, 0) is 61.4 Å². The van der Waals surface area contributed by atoms with Crippen LogP contribution in [0.3, 0.4) is 0 Å². The fourth-order valence-corrected chi connectivity index (χ4v) is 7.15. The fourth-order valence-electron chi connectivity index (χ4n) is 6.25. The van der Waals surface area contributed by atoms with Crippen LogP contribution in [0.1, 0.15) is 55.9 Å². The number of halogens is 2. The number of esters is 1. The first kappa shape index (κ1) is 31.1. The second-order valence-electron chi connectivity index (χ2n) is 12.5. The van der Waals surface area contributed by atoms with Gasteiger partial charge in [0.05, 0.1) is 22.6 Å². The van der Waals surface area contributed by atoms with E-state index in [0.29, 0.717) is 28.3 Å². The lowest BCUT2D eigenvalue weighted by atomic mass is 9.93. The van der Waals surface area contributed by atoms with E-state index >= 15 is 0 Å². The normalized spacial score (nSPS) is 19.0. The van der Waals surface area contributed by atoms with Gasteiger partial charge in [-0.25, -0.2) is 22.2 Å². The number of benzene rings is 1. The number of rotatable bonds is 9. The average molecular weight is 645 g/mol. The minimum Gasteiger partial charge on any atom is -0.465 e. The molecule has 242 valence electrons. The lowest BCUT2D eigenvalue weighted by molar-refractivity contribution is -0.140. The van der Waals surface area contributed by atoms with Crippen LogP contribution in [0.15, 0.2) is 36.5 Å². The molecule has 14 heteroatoms. The van der Waals surface area contributed by atoms with Gasteiger partial charge in [0, 0.05) is 64.6 Å². The van der Waals surface area contributed by atoms with Gasteiger partial charge in [0.25, 0.3) is 11.8 Å². The van der Waals surface area contributed by atoms with Crippen LogP contribution in [0.5, 0.6) is 0 Å². The number of hydrogen-bond acceptors (Lipinski definition) is 8. The standard InChI is InChI=1S/C31H38F2N6O5S/c1-21(40)44-17-18-45(42,43)36-23-3-4-24(26(20-23)38-13-8-30(6-7-30)9-14-38)35-29(41)25-19-22-5-12-37(2)27(22)28(34-25)39-15-10-31(32,33)11-16-39/h3-5,12,19-20,36H,6-11,13-18H2,1-2H3,(H,35,41). The van der Waals surface area contributed by atoms with Crippen LogP contribution in [0.2, 0.25) is 0 Å². The molecule has 3 aliphatic rings. The zero-order valence-electron chi connectivity index (χ0n) is 25.4. The summed E-state index contributed by atoms with van der Waals surface area (Å²) in [5.41, 5.74) is 2.83. The summed E-state index contributed by atoms with van der Waals surface area (Å²) in [6.45, 7) is 2.74. The van der Waals surface area contributed by atoms with Crippen LogP contribution < -0.4 is 19.8 Å². The Labute approximate surface area is 261 Å². The molecule has 4 heterocycles. The highest BCUT2D eigenvalue weighted by Gasteiger charge is 2.44. The van der Waals surface area contributed by atoms with E-state index < -0.39 is 33.6 Å².